The molecule has 1 aromatic heterocycles. The van der Waals surface area contributed by atoms with E-state index in [1.165, 1.54) is 12.0 Å². The lowest BCUT2D eigenvalue weighted by Gasteiger charge is -2.26. The normalized spacial score (nSPS) is 12.8. The third-order valence-corrected chi connectivity index (χ3v) is 3.82. The average molecular weight is 277 g/mol. The van der Waals surface area contributed by atoms with Crippen LogP contribution in [0.4, 0.5) is 5.82 Å². The molecule has 0 aliphatic carbocycles. The van der Waals surface area contributed by atoms with Crippen molar-refractivity contribution >= 4 is 5.82 Å². The lowest BCUT2D eigenvalue weighted by atomic mass is 10.1. The predicted octanol–water partition coefficient (Wildman–Crippen LogP) is 3.76. The molecule has 3 nitrogen and oxygen atoms in total. The molecule has 0 saturated heterocycles. The fraction of sp³-hybridized carbons (Fsp3) is 0.706. The molecule has 3 heteroatoms. The van der Waals surface area contributed by atoms with Crippen molar-refractivity contribution in [2.24, 2.45) is 5.92 Å². The second-order valence-electron chi connectivity index (χ2n) is 6.00. The molecular weight excluding hydrogens is 246 g/mol. The number of aromatic nitrogens is 1. The van der Waals surface area contributed by atoms with Gasteiger partial charge in [-0.1, -0.05) is 40.2 Å². The summed E-state index contributed by atoms with van der Waals surface area (Å²) in [5.74, 6) is 1.82. The van der Waals surface area contributed by atoms with Gasteiger partial charge in [-0.15, -0.1) is 0 Å². The number of anilines is 1. The van der Waals surface area contributed by atoms with Crippen molar-refractivity contribution in [1.82, 2.24) is 10.3 Å². The van der Waals surface area contributed by atoms with E-state index in [9.17, 15) is 0 Å². The van der Waals surface area contributed by atoms with Gasteiger partial charge in [0.05, 0.1) is 0 Å². The third kappa shape index (κ3) is 5.12. The van der Waals surface area contributed by atoms with E-state index in [-0.39, 0.29) is 0 Å². The highest BCUT2D eigenvalue weighted by atomic mass is 15.2. The Labute approximate surface area is 124 Å². The summed E-state index contributed by atoms with van der Waals surface area (Å²) >= 11 is 0. The SMILES string of the molecule is CCC(C)CN(CC)c1ccc(CNC(C)C)c(C)n1. The summed E-state index contributed by atoms with van der Waals surface area (Å²) in [6.07, 6.45) is 1.21. The predicted molar refractivity (Wildman–Crippen MR) is 88.3 cm³/mol. The molecule has 1 N–H and O–H groups in total. The van der Waals surface area contributed by atoms with Crippen molar-refractivity contribution in [3.05, 3.63) is 23.4 Å². The molecule has 1 aromatic rings. The van der Waals surface area contributed by atoms with Crippen LogP contribution in [0, 0.1) is 12.8 Å². The summed E-state index contributed by atoms with van der Waals surface area (Å²) in [4.78, 5) is 7.17. The summed E-state index contributed by atoms with van der Waals surface area (Å²) in [7, 11) is 0. The molecule has 114 valence electrons. The first kappa shape index (κ1) is 17.0. The number of rotatable bonds is 8. The van der Waals surface area contributed by atoms with Crippen LogP contribution < -0.4 is 10.2 Å². The molecule has 0 spiro atoms. The zero-order chi connectivity index (χ0) is 15.1. The Morgan fingerprint density at radius 1 is 1.20 bits per heavy atom. The Balaban J connectivity index is 2.78. The minimum atomic E-state index is 0.506. The first-order valence-corrected chi connectivity index (χ1v) is 7.92. The number of aryl methyl sites for hydroxylation is 1. The molecule has 0 bridgehead atoms. The van der Waals surface area contributed by atoms with E-state index in [0.29, 0.717) is 12.0 Å². The van der Waals surface area contributed by atoms with Gasteiger partial charge in [0, 0.05) is 31.4 Å². The topological polar surface area (TPSA) is 28.2 Å². The Hall–Kier alpha value is -1.09. The number of nitrogens with zero attached hydrogens (tertiary/aromatic N) is 2. The molecule has 1 rings (SSSR count). The summed E-state index contributed by atoms with van der Waals surface area (Å²) in [5, 5.41) is 3.45. The van der Waals surface area contributed by atoms with Crippen molar-refractivity contribution in [3.63, 3.8) is 0 Å². The molecule has 0 fully saturated rings. The summed E-state index contributed by atoms with van der Waals surface area (Å²) in [6.45, 7) is 16.2. The Morgan fingerprint density at radius 2 is 1.90 bits per heavy atom. The first-order valence-electron chi connectivity index (χ1n) is 7.92. The maximum Gasteiger partial charge on any atom is 0.128 e. The summed E-state index contributed by atoms with van der Waals surface area (Å²) < 4.78 is 0. The van der Waals surface area contributed by atoms with Gasteiger partial charge in [0.15, 0.2) is 0 Å². The van der Waals surface area contributed by atoms with Crippen LogP contribution in [-0.4, -0.2) is 24.1 Å². The molecular formula is C17H31N3. The molecule has 1 unspecified atom stereocenters. The Bertz CT molecular complexity index is 401. The Kier molecular flexibility index (Phi) is 7.00. The van der Waals surface area contributed by atoms with Gasteiger partial charge < -0.3 is 10.2 Å². The van der Waals surface area contributed by atoms with Gasteiger partial charge in [0.25, 0.3) is 0 Å². The van der Waals surface area contributed by atoms with Gasteiger partial charge in [-0.25, -0.2) is 4.98 Å². The monoisotopic (exact) mass is 277 g/mol. The van der Waals surface area contributed by atoms with E-state index >= 15 is 0 Å². The first-order chi connectivity index (χ1) is 9.47. The van der Waals surface area contributed by atoms with Crippen molar-refractivity contribution in [2.75, 3.05) is 18.0 Å². The maximum absolute atomic E-state index is 4.80. The van der Waals surface area contributed by atoms with Crippen LogP contribution in [0.15, 0.2) is 12.1 Å². The molecule has 0 saturated carbocycles. The maximum atomic E-state index is 4.80. The largest absolute Gasteiger partial charge is 0.357 e. The van der Waals surface area contributed by atoms with Crippen molar-refractivity contribution in [2.45, 2.75) is 60.5 Å². The van der Waals surface area contributed by atoms with E-state index in [0.717, 1.165) is 31.1 Å². The molecule has 0 radical (unpaired) electrons. The lowest BCUT2D eigenvalue weighted by molar-refractivity contribution is 0.545. The van der Waals surface area contributed by atoms with Gasteiger partial charge in [-0.3, -0.25) is 0 Å². The van der Waals surface area contributed by atoms with E-state index < -0.39 is 0 Å². The number of nitrogens with one attached hydrogen (secondary N) is 1. The minimum absolute atomic E-state index is 0.506. The lowest BCUT2D eigenvalue weighted by Crippen LogP contribution is -2.29. The van der Waals surface area contributed by atoms with Crippen LogP contribution >= 0.6 is 0 Å². The van der Waals surface area contributed by atoms with Gasteiger partial charge >= 0.3 is 0 Å². The van der Waals surface area contributed by atoms with Gasteiger partial charge in [0.2, 0.25) is 0 Å². The van der Waals surface area contributed by atoms with Crippen LogP contribution in [0.2, 0.25) is 0 Å². The highest BCUT2D eigenvalue weighted by Crippen LogP contribution is 2.17. The fourth-order valence-corrected chi connectivity index (χ4v) is 2.14. The standard InChI is InChI=1S/C17H31N3/c1-7-14(5)12-20(8-2)17-10-9-16(15(6)19-17)11-18-13(3)4/h9-10,13-14,18H,7-8,11-12H2,1-6H3. The van der Waals surface area contributed by atoms with E-state index in [1.54, 1.807) is 0 Å². The summed E-state index contributed by atoms with van der Waals surface area (Å²) in [6, 6.07) is 4.88. The van der Waals surface area contributed by atoms with Gasteiger partial charge in [-0.2, -0.15) is 0 Å². The Morgan fingerprint density at radius 3 is 2.40 bits per heavy atom. The van der Waals surface area contributed by atoms with Crippen LogP contribution in [0.3, 0.4) is 0 Å². The molecule has 20 heavy (non-hydrogen) atoms. The molecule has 0 amide bonds. The average Bonchev–Trinajstić information content (AvgIpc) is 2.42. The zero-order valence-corrected chi connectivity index (χ0v) is 14.0. The smallest absolute Gasteiger partial charge is 0.128 e. The molecule has 0 aliphatic heterocycles. The number of pyridine rings is 1. The second-order valence-corrected chi connectivity index (χ2v) is 6.00. The fourth-order valence-electron chi connectivity index (χ4n) is 2.14. The van der Waals surface area contributed by atoms with Crippen molar-refractivity contribution in [1.29, 1.82) is 0 Å². The number of hydrogen-bond acceptors (Lipinski definition) is 3. The quantitative estimate of drug-likeness (QED) is 0.784. The van der Waals surface area contributed by atoms with Crippen LogP contribution in [0.1, 0.15) is 52.3 Å². The summed E-state index contributed by atoms with van der Waals surface area (Å²) in [5.41, 5.74) is 2.43. The van der Waals surface area contributed by atoms with Crippen LogP contribution in [-0.2, 0) is 6.54 Å². The van der Waals surface area contributed by atoms with Crippen LogP contribution in [0.5, 0.6) is 0 Å². The molecule has 0 aliphatic rings. The second kappa shape index (κ2) is 8.25. The van der Waals surface area contributed by atoms with E-state index in [1.807, 2.05) is 0 Å². The molecule has 1 heterocycles. The third-order valence-electron chi connectivity index (χ3n) is 3.82. The minimum Gasteiger partial charge on any atom is -0.357 e. The zero-order valence-electron chi connectivity index (χ0n) is 14.0. The highest BCUT2D eigenvalue weighted by Gasteiger charge is 2.11. The highest BCUT2D eigenvalue weighted by molar-refractivity contribution is 5.41. The van der Waals surface area contributed by atoms with Crippen molar-refractivity contribution in [3.8, 4) is 0 Å². The molecule has 0 aromatic carbocycles. The van der Waals surface area contributed by atoms with Crippen LogP contribution in [0.25, 0.3) is 0 Å². The van der Waals surface area contributed by atoms with Crippen molar-refractivity contribution < 1.29 is 0 Å². The van der Waals surface area contributed by atoms with E-state index in [2.05, 4.69) is 63.9 Å². The molecule has 1 atom stereocenters. The van der Waals surface area contributed by atoms with Gasteiger partial charge in [0.1, 0.15) is 5.82 Å². The number of hydrogen-bond donors (Lipinski definition) is 1. The van der Waals surface area contributed by atoms with Gasteiger partial charge in [-0.05, 0) is 31.4 Å². The van der Waals surface area contributed by atoms with E-state index in [4.69, 9.17) is 4.98 Å².